The molecule has 4 aromatic heterocycles. The molecule has 14 heteroatoms. The third kappa shape index (κ3) is 7.63. The van der Waals surface area contributed by atoms with E-state index in [9.17, 15) is 14.9 Å². The van der Waals surface area contributed by atoms with E-state index >= 15 is 0 Å². The van der Waals surface area contributed by atoms with Crippen LogP contribution in [0.5, 0.6) is 0 Å². The van der Waals surface area contributed by atoms with Crippen molar-refractivity contribution >= 4 is 29.4 Å². The zero-order valence-electron chi connectivity index (χ0n) is 24.8. The number of carbonyl (C=O) groups is 2. The van der Waals surface area contributed by atoms with Gasteiger partial charge in [0.2, 0.25) is 0 Å². The predicted molar refractivity (Wildman–Crippen MR) is 161 cm³/mol. The molecule has 0 aromatic carbocycles. The van der Waals surface area contributed by atoms with Crippen molar-refractivity contribution < 1.29 is 19.1 Å². The third-order valence-electron chi connectivity index (χ3n) is 7.38. The van der Waals surface area contributed by atoms with Crippen molar-refractivity contribution in [3.05, 3.63) is 87.8 Å². The molecule has 1 aliphatic heterocycles. The standard InChI is InChI=1S/C18H19N5O2.C13H11ClN4O2/c1-2-25-18(24)15-7-20-23(11-15)10-12-3-4-17(21-16(12)6-19)22-8-13-5-14(13)9-22;1-2-20-13(19)10-6-16-18(8-10)7-9-3-4-12(14)17-11(9)5-15/h3-4,7,11,13-14H,2,5,8-10H2,1H3;3-4,6,8H,2,7H2,1H3. The molecule has 5 heterocycles. The summed E-state index contributed by atoms with van der Waals surface area (Å²) in [5.74, 6) is 1.69. The molecule has 4 aromatic rings. The van der Waals surface area contributed by atoms with E-state index in [0.29, 0.717) is 48.7 Å². The molecular weight excluding hydrogens is 598 g/mol. The lowest BCUT2D eigenvalue weighted by Gasteiger charge is -2.19. The van der Waals surface area contributed by atoms with Crippen LogP contribution in [0, 0.1) is 34.5 Å². The molecule has 0 amide bonds. The number of rotatable bonds is 9. The lowest BCUT2D eigenvalue weighted by atomic mass is 10.2. The van der Waals surface area contributed by atoms with Crippen LogP contribution in [-0.2, 0) is 22.6 Å². The summed E-state index contributed by atoms with van der Waals surface area (Å²) in [6.07, 6.45) is 7.42. The molecule has 2 unspecified atom stereocenters. The number of carbonyl (C=O) groups excluding carboxylic acids is 2. The van der Waals surface area contributed by atoms with E-state index in [1.165, 1.54) is 23.5 Å². The fourth-order valence-electron chi connectivity index (χ4n) is 5.04. The van der Waals surface area contributed by atoms with Gasteiger partial charge in [-0.05, 0) is 44.2 Å². The first-order chi connectivity index (χ1) is 21.8. The van der Waals surface area contributed by atoms with Gasteiger partial charge in [0.1, 0.15) is 34.5 Å². The van der Waals surface area contributed by atoms with E-state index in [1.54, 1.807) is 43.1 Å². The number of esters is 2. The highest BCUT2D eigenvalue weighted by molar-refractivity contribution is 6.29. The van der Waals surface area contributed by atoms with Crippen molar-refractivity contribution in [1.82, 2.24) is 29.5 Å². The largest absolute Gasteiger partial charge is 0.462 e. The molecule has 6 rings (SSSR count). The number of piperidine rings is 1. The Kier molecular flexibility index (Phi) is 9.70. The Labute approximate surface area is 264 Å². The van der Waals surface area contributed by atoms with Crippen molar-refractivity contribution in [2.24, 2.45) is 11.8 Å². The van der Waals surface area contributed by atoms with Crippen LogP contribution in [0.2, 0.25) is 5.15 Å². The monoisotopic (exact) mass is 627 g/mol. The number of hydrogen-bond donors (Lipinski definition) is 0. The van der Waals surface area contributed by atoms with Crippen LogP contribution in [0.15, 0.2) is 49.1 Å². The third-order valence-corrected chi connectivity index (χ3v) is 7.59. The number of nitrogens with zero attached hydrogens (tertiary/aromatic N) is 9. The lowest BCUT2D eigenvalue weighted by molar-refractivity contribution is 0.0516. The number of ether oxygens (including phenoxy) is 2. The number of nitriles is 2. The second-order valence-corrected chi connectivity index (χ2v) is 10.9. The van der Waals surface area contributed by atoms with Crippen LogP contribution in [0.25, 0.3) is 0 Å². The van der Waals surface area contributed by atoms with Gasteiger partial charge in [0.05, 0.1) is 49.8 Å². The van der Waals surface area contributed by atoms with Gasteiger partial charge in [-0.1, -0.05) is 23.7 Å². The van der Waals surface area contributed by atoms with Crippen LogP contribution in [0.3, 0.4) is 0 Å². The average Bonchev–Trinajstić information content (AvgIpc) is 3.42. The maximum absolute atomic E-state index is 11.7. The van der Waals surface area contributed by atoms with E-state index in [1.807, 2.05) is 18.2 Å². The minimum Gasteiger partial charge on any atom is -0.462 e. The van der Waals surface area contributed by atoms with E-state index in [4.69, 9.17) is 26.3 Å². The van der Waals surface area contributed by atoms with Crippen molar-refractivity contribution in [3.8, 4) is 12.1 Å². The second-order valence-electron chi connectivity index (χ2n) is 10.5. The van der Waals surface area contributed by atoms with E-state index < -0.39 is 11.9 Å². The first kappa shape index (κ1) is 31.2. The summed E-state index contributed by atoms with van der Waals surface area (Å²) in [5.41, 5.74) is 2.88. The highest BCUT2D eigenvalue weighted by Crippen LogP contribution is 2.46. The van der Waals surface area contributed by atoms with Crippen LogP contribution in [0.1, 0.15) is 63.5 Å². The minimum atomic E-state index is -0.423. The number of anilines is 1. The molecule has 0 bridgehead atoms. The first-order valence-corrected chi connectivity index (χ1v) is 14.8. The summed E-state index contributed by atoms with van der Waals surface area (Å²) >= 11 is 5.73. The molecule has 0 spiro atoms. The number of fused-ring (bicyclic) bond motifs is 1. The molecule has 1 saturated heterocycles. The van der Waals surface area contributed by atoms with Crippen LogP contribution >= 0.6 is 11.6 Å². The fourth-order valence-corrected chi connectivity index (χ4v) is 5.19. The fraction of sp³-hybridized carbons (Fsp3) is 0.355. The smallest absolute Gasteiger partial charge is 0.341 e. The van der Waals surface area contributed by atoms with Crippen LogP contribution < -0.4 is 4.90 Å². The van der Waals surface area contributed by atoms with Crippen molar-refractivity contribution in [3.63, 3.8) is 0 Å². The Morgan fingerprint density at radius 1 is 0.844 bits per heavy atom. The number of pyridine rings is 2. The Hall–Kier alpha value is -5.27. The molecule has 45 heavy (non-hydrogen) atoms. The van der Waals surface area contributed by atoms with E-state index in [0.717, 1.165) is 36.3 Å². The van der Waals surface area contributed by atoms with Crippen molar-refractivity contribution in [2.45, 2.75) is 33.4 Å². The van der Waals surface area contributed by atoms with Gasteiger partial charge in [0.25, 0.3) is 0 Å². The summed E-state index contributed by atoms with van der Waals surface area (Å²) in [6, 6.07) is 11.4. The van der Waals surface area contributed by atoms with Crippen molar-refractivity contribution in [2.75, 3.05) is 31.2 Å². The van der Waals surface area contributed by atoms with Gasteiger partial charge in [0.15, 0.2) is 0 Å². The quantitative estimate of drug-likeness (QED) is 0.195. The molecule has 2 atom stereocenters. The highest BCUT2D eigenvalue weighted by atomic mass is 35.5. The van der Waals surface area contributed by atoms with Gasteiger partial charge >= 0.3 is 11.9 Å². The molecule has 0 radical (unpaired) electrons. The number of halogens is 1. The zero-order valence-corrected chi connectivity index (χ0v) is 25.5. The molecule has 13 nitrogen and oxygen atoms in total. The van der Waals surface area contributed by atoms with Crippen LogP contribution in [0.4, 0.5) is 5.82 Å². The Balaban J connectivity index is 0.000000183. The van der Waals surface area contributed by atoms with Gasteiger partial charge < -0.3 is 14.4 Å². The van der Waals surface area contributed by atoms with Gasteiger partial charge in [-0.2, -0.15) is 20.7 Å². The van der Waals surface area contributed by atoms with Crippen molar-refractivity contribution in [1.29, 1.82) is 10.5 Å². The minimum absolute atomic E-state index is 0.241. The van der Waals surface area contributed by atoms with Crippen LogP contribution in [-0.4, -0.2) is 67.8 Å². The topological polar surface area (TPSA) is 165 Å². The maximum atomic E-state index is 11.7. The zero-order chi connectivity index (χ0) is 31.9. The van der Waals surface area contributed by atoms with Gasteiger partial charge in [-0.3, -0.25) is 9.36 Å². The molecule has 1 aliphatic carbocycles. The molecule has 2 fully saturated rings. The van der Waals surface area contributed by atoms with E-state index in [-0.39, 0.29) is 10.8 Å². The van der Waals surface area contributed by atoms with Gasteiger partial charge in [0, 0.05) is 36.6 Å². The molecular formula is C31H30ClN9O4. The SMILES string of the molecule is CCOC(=O)c1cnn(Cc2ccc(Cl)nc2C#N)c1.CCOC(=O)c1cnn(Cc2ccc(N3CC4CC4C3)nc2C#N)c1. The summed E-state index contributed by atoms with van der Waals surface area (Å²) in [5, 5.41) is 27.0. The molecule has 1 saturated carbocycles. The summed E-state index contributed by atoms with van der Waals surface area (Å²) in [7, 11) is 0. The maximum Gasteiger partial charge on any atom is 0.341 e. The Morgan fingerprint density at radius 2 is 1.36 bits per heavy atom. The Morgan fingerprint density at radius 3 is 1.87 bits per heavy atom. The summed E-state index contributed by atoms with van der Waals surface area (Å²) in [6.45, 7) is 6.94. The summed E-state index contributed by atoms with van der Waals surface area (Å²) < 4.78 is 13.0. The molecule has 2 aliphatic rings. The first-order valence-electron chi connectivity index (χ1n) is 14.4. The van der Waals surface area contributed by atoms with Gasteiger partial charge in [-0.25, -0.2) is 19.6 Å². The van der Waals surface area contributed by atoms with Gasteiger partial charge in [-0.15, -0.1) is 0 Å². The highest BCUT2D eigenvalue weighted by Gasteiger charge is 2.45. The predicted octanol–water partition coefficient (Wildman–Crippen LogP) is 3.86. The molecule has 0 N–H and O–H groups in total. The molecule has 230 valence electrons. The summed E-state index contributed by atoms with van der Waals surface area (Å²) in [4.78, 5) is 33.9. The van der Waals surface area contributed by atoms with E-state index in [2.05, 4.69) is 31.1 Å². The Bertz CT molecular complexity index is 1780. The number of hydrogen-bond acceptors (Lipinski definition) is 11. The second kappa shape index (κ2) is 14.0. The normalized spacial score (nSPS) is 16.1. The lowest BCUT2D eigenvalue weighted by Crippen LogP contribution is -2.23. The average molecular weight is 628 g/mol. The number of aromatic nitrogens is 6.